The fourth-order valence-electron chi connectivity index (χ4n) is 3.19. The Kier molecular flexibility index (Phi) is 4.56. The number of hydrogen-bond acceptors (Lipinski definition) is 3. The van der Waals surface area contributed by atoms with Crippen LogP contribution in [0.1, 0.15) is 37.8 Å². The summed E-state index contributed by atoms with van der Waals surface area (Å²) >= 11 is 0. The van der Waals surface area contributed by atoms with Gasteiger partial charge in [0, 0.05) is 6.42 Å². The molecule has 1 aliphatic heterocycles. The van der Waals surface area contributed by atoms with Crippen molar-refractivity contribution in [3.63, 3.8) is 0 Å². The zero-order valence-corrected chi connectivity index (χ0v) is 15.5. The molecule has 1 unspecified atom stereocenters. The molecule has 1 atom stereocenters. The van der Waals surface area contributed by atoms with Crippen molar-refractivity contribution >= 4 is 23.6 Å². The number of ether oxygens (including phenoxy) is 1. The average Bonchev–Trinajstić information content (AvgIpc) is 2.61. The van der Waals surface area contributed by atoms with Gasteiger partial charge >= 0.3 is 7.37 Å². The number of benzene rings is 2. The molecule has 24 heavy (non-hydrogen) atoms. The normalized spacial score (nSPS) is 19.7. The Morgan fingerprint density at radius 3 is 2.33 bits per heavy atom. The predicted molar refractivity (Wildman–Crippen MR) is 99.6 cm³/mol. The van der Waals surface area contributed by atoms with Gasteiger partial charge in [-0.25, -0.2) is 0 Å². The van der Waals surface area contributed by atoms with Gasteiger partial charge in [0.2, 0.25) is 0 Å². The SMILES string of the molecule is CCC1=C(CC)c2cc(C)ccc2P(=O)(c2ccc(OC)cc2)O1. The van der Waals surface area contributed by atoms with E-state index in [4.69, 9.17) is 9.26 Å². The predicted octanol–water partition coefficient (Wildman–Crippen LogP) is 4.79. The molecule has 0 amide bonds. The Labute approximate surface area is 143 Å². The summed E-state index contributed by atoms with van der Waals surface area (Å²) in [6, 6.07) is 13.4. The molecular formula is C20H23O3P. The maximum absolute atomic E-state index is 13.9. The summed E-state index contributed by atoms with van der Waals surface area (Å²) < 4.78 is 25.3. The quantitative estimate of drug-likeness (QED) is 0.749. The van der Waals surface area contributed by atoms with Crippen LogP contribution in [0.4, 0.5) is 0 Å². The van der Waals surface area contributed by atoms with E-state index >= 15 is 0 Å². The summed E-state index contributed by atoms with van der Waals surface area (Å²) in [4.78, 5) is 0. The highest BCUT2D eigenvalue weighted by Crippen LogP contribution is 2.53. The van der Waals surface area contributed by atoms with Gasteiger partial charge in [-0.05, 0) is 54.8 Å². The van der Waals surface area contributed by atoms with Crippen molar-refractivity contribution in [3.05, 3.63) is 59.4 Å². The number of hydrogen-bond donors (Lipinski definition) is 0. The molecule has 1 heterocycles. The third-order valence-corrected chi connectivity index (χ3v) is 6.94. The van der Waals surface area contributed by atoms with Gasteiger partial charge in [-0.1, -0.05) is 31.5 Å². The van der Waals surface area contributed by atoms with E-state index in [1.54, 1.807) is 7.11 Å². The van der Waals surface area contributed by atoms with Gasteiger partial charge in [0.25, 0.3) is 0 Å². The van der Waals surface area contributed by atoms with Gasteiger partial charge in [-0.3, -0.25) is 4.57 Å². The molecule has 2 aromatic carbocycles. The highest BCUT2D eigenvalue weighted by Gasteiger charge is 2.38. The topological polar surface area (TPSA) is 35.5 Å². The summed E-state index contributed by atoms with van der Waals surface area (Å²) in [5, 5.41) is 1.50. The highest BCUT2D eigenvalue weighted by molar-refractivity contribution is 7.74. The van der Waals surface area contributed by atoms with E-state index in [9.17, 15) is 4.57 Å². The van der Waals surface area contributed by atoms with Crippen LogP contribution in [0.3, 0.4) is 0 Å². The summed E-state index contributed by atoms with van der Waals surface area (Å²) in [5.41, 5.74) is 3.40. The van der Waals surface area contributed by atoms with Gasteiger partial charge in [-0.15, -0.1) is 0 Å². The summed E-state index contributed by atoms with van der Waals surface area (Å²) in [7, 11) is -1.52. The molecule has 0 saturated carbocycles. The largest absolute Gasteiger partial charge is 0.497 e. The Bertz CT molecular complexity index is 834. The van der Waals surface area contributed by atoms with Crippen LogP contribution in [-0.4, -0.2) is 7.11 Å². The fraction of sp³-hybridized carbons (Fsp3) is 0.300. The second-order valence-electron chi connectivity index (χ2n) is 5.97. The molecule has 0 bridgehead atoms. The number of fused-ring (bicyclic) bond motifs is 1. The number of rotatable bonds is 4. The van der Waals surface area contributed by atoms with Gasteiger partial charge in [0.1, 0.15) is 11.5 Å². The Balaban J connectivity index is 2.23. The molecule has 0 N–H and O–H groups in total. The zero-order valence-electron chi connectivity index (χ0n) is 14.6. The third kappa shape index (κ3) is 2.67. The molecule has 3 nitrogen and oxygen atoms in total. The molecule has 0 aromatic heterocycles. The molecule has 126 valence electrons. The standard InChI is InChI=1S/C20H23O3P/c1-5-17-18-13-14(3)7-12-20(18)24(21,23-19(17)6-2)16-10-8-15(22-4)9-11-16/h7-13H,5-6H2,1-4H3. The summed E-state index contributed by atoms with van der Waals surface area (Å²) in [5.74, 6) is 1.58. The van der Waals surface area contributed by atoms with Crippen molar-refractivity contribution < 1.29 is 13.8 Å². The van der Waals surface area contributed by atoms with Crippen molar-refractivity contribution in [3.8, 4) is 5.75 Å². The number of methoxy groups -OCH3 is 1. The van der Waals surface area contributed by atoms with Crippen molar-refractivity contribution in [1.82, 2.24) is 0 Å². The Morgan fingerprint density at radius 2 is 1.75 bits per heavy atom. The zero-order chi connectivity index (χ0) is 17.3. The second-order valence-corrected chi connectivity index (χ2v) is 8.25. The van der Waals surface area contributed by atoms with Crippen molar-refractivity contribution in [2.24, 2.45) is 0 Å². The number of allylic oxidation sites excluding steroid dienone is 2. The van der Waals surface area contributed by atoms with Gasteiger partial charge in [0.05, 0.1) is 17.7 Å². The van der Waals surface area contributed by atoms with Crippen molar-refractivity contribution in [2.45, 2.75) is 33.6 Å². The van der Waals surface area contributed by atoms with Crippen LogP contribution in [-0.2, 0) is 9.09 Å². The number of aryl methyl sites for hydroxylation is 1. The van der Waals surface area contributed by atoms with Crippen LogP contribution >= 0.6 is 7.37 Å². The highest BCUT2D eigenvalue weighted by atomic mass is 31.2. The van der Waals surface area contributed by atoms with E-state index < -0.39 is 7.37 Å². The Hall–Kier alpha value is -1.99. The van der Waals surface area contributed by atoms with E-state index in [1.165, 1.54) is 5.56 Å². The van der Waals surface area contributed by atoms with Crippen LogP contribution in [0.15, 0.2) is 48.2 Å². The third-order valence-electron chi connectivity index (χ3n) is 4.46. The lowest BCUT2D eigenvalue weighted by molar-refractivity contribution is 0.406. The van der Waals surface area contributed by atoms with E-state index in [2.05, 4.69) is 19.9 Å². The minimum Gasteiger partial charge on any atom is -0.497 e. The first-order valence-corrected chi connectivity index (χ1v) is 9.93. The van der Waals surface area contributed by atoms with Gasteiger partial charge < -0.3 is 9.26 Å². The molecule has 0 fully saturated rings. The Morgan fingerprint density at radius 1 is 1.04 bits per heavy atom. The molecule has 3 rings (SSSR count). The lowest BCUT2D eigenvalue weighted by Gasteiger charge is -2.31. The minimum absolute atomic E-state index is 0.703. The van der Waals surface area contributed by atoms with Crippen LogP contribution in [0.25, 0.3) is 5.57 Å². The van der Waals surface area contributed by atoms with Crippen molar-refractivity contribution in [1.29, 1.82) is 0 Å². The van der Waals surface area contributed by atoms with E-state index in [0.717, 1.165) is 40.8 Å². The lowest BCUT2D eigenvalue weighted by atomic mass is 9.99. The monoisotopic (exact) mass is 342 g/mol. The van der Waals surface area contributed by atoms with E-state index in [-0.39, 0.29) is 0 Å². The van der Waals surface area contributed by atoms with Gasteiger partial charge in [-0.2, -0.15) is 0 Å². The van der Waals surface area contributed by atoms with E-state index in [0.29, 0.717) is 5.30 Å². The molecule has 2 aromatic rings. The fourth-order valence-corrected chi connectivity index (χ4v) is 5.55. The molecular weight excluding hydrogens is 319 g/mol. The van der Waals surface area contributed by atoms with Crippen LogP contribution < -0.4 is 15.3 Å². The first-order chi connectivity index (χ1) is 11.5. The van der Waals surface area contributed by atoms with Crippen molar-refractivity contribution in [2.75, 3.05) is 7.11 Å². The van der Waals surface area contributed by atoms with Gasteiger partial charge in [0.15, 0.2) is 0 Å². The van der Waals surface area contributed by atoms with Crippen LogP contribution in [0.2, 0.25) is 0 Å². The molecule has 0 radical (unpaired) electrons. The molecule has 0 saturated heterocycles. The van der Waals surface area contributed by atoms with Crippen LogP contribution in [0, 0.1) is 6.92 Å². The maximum Gasteiger partial charge on any atom is 0.307 e. The first kappa shape index (κ1) is 16.9. The van der Waals surface area contributed by atoms with E-state index in [1.807, 2.05) is 43.3 Å². The maximum atomic E-state index is 13.9. The summed E-state index contributed by atoms with van der Waals surface area (Å²) in [6.07, 6.45) is 1.60. The molecule has 1 aliphatic rings. The lowest BCUT2D eigenvalue weighted by Crippen LogP contribution is -2.25. The molecule has 0 aliphatic carbocycles. The minimum atomic E-state index is -3.14. The second kappa shape index (κ2) is 6.49. The molecule has 0 spiro atoms. The average molecular weight is 342 g/mol. The van der Waals surface area contributed by atoms with Crippen LogP contribution in [0.5, 0.6) is 5.75 Å². The first-order valence-electron chi connectivity index (χ1n) is 8.31. The molecule has 4 heteroatoms. The summed E-state index contributed by atoms with van der Waals surface area (Å²) in [6.45, 7) is 6.22. The smallest absolute Gasteiger partial charge is 0.307 e.